The molecule has 2 N–H and O–H groups in total. The minimum atomic E-state index is -0.568. The number of nitrogens with one attached hydrogen (secondary N) is 1. The fraction of sp³-hybridized carbons (Fsp3) is 0.136. The predicted molar refractivity (Wildman–Crippen MR) is 103 cm³/mol. The minimum absolute atomic E-state index is 0.00687. The van der Waals surface area contributed by atoms with Crippen molar-refractivity contribution in [1.29, 1.82) is 0 Å². The van der Waals surface area contributed by atoms with E-state index in [1.54, 1.807) is 12.1 Å². The molecule has 0 aliphatic heterocycles. The maximum absolute atomic E-state index is 12.2. The Balaban J connectivity index is 1.47. The number of aromatic hydroxyl groups is 1. The molecule has 0 atom stereocenters. The molecule has 3 aromatic carbocycles. The van der Waals surface area contributed by atoms with Gasteiger partial charge in [0.1, 0.15) is 6.61 Å². The molecule has 0 heterocycles. The van der Waals surface area contributed by atoms with Gasteiger partial charge in [-0.15, -0.1) is 0 Å². The van der Waals surface area contributed by atoms with Gasteiger partial charge in [-0.2, -0.15) is 0 Å². The molecular weight excluding hydrogens is 342 g/mol. The molecule has 27 heavy (non-hydrogen) atoms. The summed E-state index contributed by atoms with van der Waals surface area (Å²) in [5.74, 6) is 0.300. The molecule has 1 amide bonds. The third-order valence-corrected chi connectivity index (χ3v) is 4.77. The van der Waals surface area contributed by atoms with Gasteiger partial charge in [0.05, 0.1) is 7.11 Å². The zero-order chi connectivity index (χ0) is 18.8. The molecular formula is C22H19NO4. The Morgan fingerprint density at radius 3 is 2.22 bits per heavy atom. The first-order valence-electron chi connectivity index (χ1n) is 8.66. The van der Waals surface area contributed by atoms with E-state index in [9.17, 15) is 9.90 Å². The van der Waals surface area contributed by atoms with E-state index in [0.717, 1.165) is 11.1 Å². The Labute approximate surface area is 157 Å². The van der Waals surface area contributed by atoms with Gasteiger partial charge in [-0.05, 0) is 34.4 Å². The van der Waals surface area contributed by atoms with E-state index >= 15 is 0 Å². The van der Waals surface area contributed by atoms with Crippen molar-refractivity contribution in [3.8, 4) is 22.6 Å². The fourth-order valence-electron chi connectivity index (χ4n) is 3.52. The van der Waals surface area contributed by atoms with Crippen LogP contribution in [0.5, 0.6) is 11.5 Å². The second-order valence-electron chi connectivity index (χ2n) is 6.34. The van der Waals surface area contributed by atoms with Gasteiger partial charge in [-0.3, -0.25) is 5.32 Å². The summed E-state index contributed by atoms with van der Waals surface area (Å²) in [6, 6.07) is 21.0. The van der Waals surface area contributed by atoms with Crippen LogP contribution >= 0.6 is 0 Å². The molecule has 1 aliphatic rings. The summed E-state index contributed by atoms with van der Waals surface area (Å²) in [6.07, 6.45) is -0.568. The van der Waals surface area contributed by atoms with Crippen molar-refractivity contribution >= 4 is 11.8 Å². The first-order valence-corrected chi connectivity index (χ1v) is 8.66. The monoisotopic (exact) mass is 361 g/mol. The molecule has 136 valence electrons. The molecule has 0 fully saturated rings. The van der Waals surface area contributed by atoms with Crippen molar-refractivity contribution in [2.75, 3.05) is 19.0 Å². The van der Waals surface area contributed by atoms with Crippen LogP contribution in [-0.2, 0) is 4.74 Å². The van der Waals surface area contributed by atoms with Gasteiger partial charge in [-0.25, -0.2) is 4.79 Å². The van der Waals surface area contributed by atoms with Crippen LogP contribution in [-0.4, -0.2) is 24.9 Å². The van der Waals surface area contributed by atoms with Gasteiger partial charge in [-0.1, -0.05) is 48.5 Å². The van der Waals surface area contributed by atoms with Crippen LogP contribution < -0.4 is 10.1 Å². The number of rotatable bonds is 4. The Kier molecular flexibility index (Phi) is 4.42. The highest BCUT2D eigenvalue weighted by Gasteiger charge is 2.28. The van der Waals surface area contributed by atoms with Crippen molar-refractivity contribution in [3.63, 3.8) is 0 Å². The van der Waals surface area contributed by atoms with Crippen LogP contribution in [0.25, 0.3) is 11.1 Å². The zero-order valence-corrected chi connectivity index (χ0v) is 14.8. The zero-order valence-electron chi connectivity index (χ0n) is 14.8. The average molecular weight is 361 g/mol. The first kappa shape index (κ1) is 17.0. The molecule has 0 bridgehead atoms. The van der Waals surface area contributed by atoms with E-state index in [-0.39, 0.29) is 18.3 Å². The van der Waals surface area contributed by atoms with Gasteiger partial charge in [0.15, 0.2) is 11.5 Å². The topological polar surface area (TPSA) is 67.8 Å². The number of hydrogen-bond donors (Lipinski definition) is 2. The summed E-state index contributed by atoms with van der Waals surface area (Å²) >= 11 is 0. The van der Waals surface area contributed by atoms with Crippen LogP contribution in [0.2, 0.25) is 0 Å². The number of phenols is 1. The van der Waals surface area contributed by atoms with Crippen molar-refractivity contribution in [2.24, 2.45) is 0 Å². The molecule has 3 aromatic rings. The van der Waals surface area contributed by atoms with Crippen molar-refractivity contribution in [2.45, 2.75) is 5.92 Å². The second kappa shape index (κ2) is 7.03. The van der Waals surface area contributed by atoms with E-state index in [1.165, 1.54) is 24.3 Å². The lowest BCUT2D eigenvalue weighted by atomic mass is 9.98. The molecule has 0 spiro atoms. The lowest BCUT2D eigenvalue weighted by Gasteiger charge is -2.15. The van der Waals surface area contributed by atoms with Gasteiger partial charge < -0.3 is 14.6 Å². The van der Waals surface area contributed by atoms with Crippen molar-refractivity contribution in [1.82, 2.24) is 0 Å². The predicted octanol–water partition coefficient (Wildman–Crippen LogP) is 4.76. The molecule has 0 unspecified atom stereocenters. The standard InChI is InChI=1S/C22H19NO4/c1-26-21-11-10-14(12-20(21)24)23-22(25)27-13-19-17-8-4-2-6-15(17)16-7-3-5-9-18(16)19/h2-12,19,24H,13H2,1H3,(H,23,25). The fourth-order valence-corrected chi connectivity index (χ4v) is 3.52. The Hall–Kier alpha value is -3.47. The Morgan fingerprint density at radius 2 is 1.63 bits per heavy atom. The van der Waals surface area contributed by atoms with Crippen LogP contribution in [0.15, 0.2) is 66.7 Å². The number of methoxy groups -OCH3 is 1. The summed E-state index contributed by atoms with van der Waals surface area (Å²) in [6.45, 7) is 0.238. The number of carbonyl (C=O) groups excluding carboxylic acids is 1. The summed E-state index contributed by atoms with van der Waals surface area (Å²) < 4.78 is 10.5. The van der Waals surface area contributed by atoms with Gasteiger partial charge in [0, 0.05) is 17.7 Å². The number of phenolic OH excluding ortho intramolecular Hbond substituents is 1. The van der Waals surface area contributed by atoms with E-state index in [1.807, 2.05) is 24.3 Å². The number of hydrogen-bond acceptors (Lipinski definition) is 4. The number of benzene rings is 3. The van der Waals surface area contributed by atoms with Crippen molar-refractivity contribution in [3.05, 3.63) is 77.9 Å². The van der Waals surface area contributed by atoms with E-state index in [0.29, 0.717) is 11.4 Å². The largest absolute Gasteiger partial charge is 0.504 e. The normalized spacial score (nSPS) is 12.2. The lowest BCUT2D eigenvalue weighted by molar-refractivity contribution is 0.158. The van der Waals surface area contributed by atoms with Crippen LogP contribution in [0.1, 0.15) is 17.0 Å². The molecule has 5 nitrogen and oxygen atoms in total. The Morgan fingerprint density at radius 1 is 1.00 bits per heavy atom. The number of ether oxygens (including phenoxy) is 2. The summed E-state index contributed by atoms with van der Waals surface area (Å²) in [4.78, 5) is 12.2. The second-order valence-corrected chi connectivity index (χ2v) is 6.34. The summed E-state index contributed by atoms with van der Waals surface area (Å²) in [5, 5.41) is 12.4. The molecule has 0 aromatic heterocycles. The highest BCUT2D eigenvalue weighted by atomic mass is 16.5. The average Bonchev–Trinajstić information content (AvgIpc) is 3.00. The number of anilines is 1. The van der Waals surface area contributed by atoms with Crippen LogP contribution in [0.4, 0.5) is 10.5 Å². The maximum atomic E-state index is 12.2. The lowest BCUT2D eigenvalue weighted by Crippen LogP contribution is -2.17. The molecule has 1 aliphatic carbocycles. The van der Waals surface area contributed by atoms with Gasteiger partial charge >= 0.3 is 6.09 Å². The molecule has 0 saturated heterocycles. The summed E-state index contributed by atoms with van der Waals surface area (Å²) in [5.41, 5.74) is 5.12. The Bertz CT molecular complexity index is 954. The quantitative estimate of drug-likeness (QED) is 0.703. The van der Waals surface area contributed by atoms with Crippen LogP contribution in [0, 0.1) is 0 Å². The highest BCUT2D eigenvalue weighted by molar-refractivity contribution is 5.85. The van der Waals surface area contributed by atoms with E-state index in [2.05, 4.69) is 29.6 Å². The first-order chi connectivity index (χ1) is 13.2. The van der Waals surface area contributed by atoms with Gasteiger partial charge in [0.25, 0.3) is 0 Å². The molecule has 4 rings (SSSR count). The van der Waals surface area contributed by atoms with Crippen molar-refractivity contribution < 1.29 is 19.4 Å². The molecule has 0 radical (unpaired) electrons. The summed E-state index contributed by atoms with van der Waals surface area (Å²) in [7, 11) is 1.47. The van der Waals surface area contributed by atoms with Crippen LogP contribution in [0.3, 0.4) is 0 Å². The smallest absolute Gasteiger partial charge is 0.411 e. The molecule has 5 heteroatoms. The minimum Gasteiger partial charge on any atom is -0.504 e. The SMILES string of the molecule is COc1ccc(NC(=O)OCC2c3ccccc3-c3ccccc32)cc1O. The maximum Gasteiger partial charge on any atom is 0.411 e. The third-order valence-electron chi connectivity index (χ3n) is 4.77. The van der Waals surface area contributed by atoms with Gasteiger partial charge in [0.2, 0.25) is 0 Å². The van der Waals surface area contributed by atoms with E-state index in [4.69, 9.17) is 9.47 Å². The number of carbonyl (C=O) groups is 1. The number of fused-ring (bicyclic) bond motifs is 3. The number of amides is 1. The third kappa shape index (κ3) is 3.19. The molecule has 0 saturated carbocycles. The highest BCUT2D eigenvalue weighted by Crippen LogP contribution is 2.44. The van der Waals surface area contributed by atoms with E-state index < -0.39 is 6.09 Å².